The molecule has 1 heterocycles. The van der Waals surface area contributed by atoms with Gasteiger partial charge < -0.3 is 15.3 Å². The lowest BCUT2D eigenvalue weighted by Gasteiger charge is -2.21. The molecule has 5 nitrogen and oxygen atoms in total. The van der Waals surface area contributed by atoms with Gasteiger partial charge in [-0.25, -0.2) is 0 Å². The molecule has 1 aliphatic heterocycles. The van der Waals surface area contributed by atoms with E-state index in [1.165, 1.54) is 0 Å². The number of carbonyl (C=O) groups is 2. The molecule has 130 valence electrons. The fourth-order valence-corrected chi connectivity index (χ4v) is 3.55. The van der Waals surface area contributed by atoms with E-state index in [4.69, 9.17) is 5.11 Å². The first kappa shape index (κ1) is 17.0. The van der Waals surface area contributed by atoms with Gasteiger partial charge in [-0.2, -0.15) is 0 Å². The van der Waals surface area contributed by atoms with Crippen LogP contribution in [0.1, 0.15) is 38.2 Å². The maximum absolute atomic E-state index is 12.6. The number of hydrogen-bond donors (Lipinski definition) is 2. The third-order valence-electron chi connectivity index (χ3n) is 5.12. The minimum atomic E-state index is -0.303. The maximum atomic E-state index is 12.6. The largest absolute Gasteiger partial charge is 0.396 e. The van der Waals surface area contributed by atoms with Crippen molar-refractivity contribution in [3.63, 3.8) is 0 Å². The second-order valence-electron chi connectivity index (χ2n) is 6.85. The van der Waals surface area contributed by atoms with E-state index in [-0.39, 0.29) is 36.8 Å². The van der Waals surface area contributed by atoms with Crippen LogP contribution in [-0.2, 0) is 16.0 Å². The number of aliphatic hydroxyl groups excluding tert-OH is 1. The van der Waals surface area contributed by atoms with Gasteiger partial charge in [0.15, 0.2) is 0 Å². The Morgan fingerprint density at radius 2 is 2.12 bits per heavy atom. The number of benzene rings is 1. The number of aryl methyl sites for hydroxylation is 1. The number of hydrogen-bond acceptors (Lipinski definition) is 3. The average Bonchev–Trinajstić information content (AvgIpc) is 3.36. The Labute approximate surface area is 143 Å². The van der Waals surface area contributed by atoms with Crippen LogP contribution in [0.15, 0.2) is 24.3 Å². The Morgan fingerprint density at radius 1 is 1.38 bits per heavy atom. The molecule has 2 aliphatic rings. The number of carbonyl (C=O) groups excluding carboxylic acids is 2. The van der Waals surface area contributed by atoms with Gasteiger partial charge in [0, 0.05) is 31.3 Å². The number of rotatable bonds is 7. The van der Waals surface area contributed by atoms with Crippen molar-refractivity contribution in [2.75, 3.05) is 18.1 Å². The van der Waals surface area contributed by atoms with Crippen molar-refractivity contribution in [1.82, 2.24) is 5.32 Å². The number of nitrogens with one attached hydrogen (secondary N) is 1. The van der Waals surface area contributed by atoms with Crippen LogP contribution in [0, 0.1) is 11.8 Å². The Balaban J connectivity index is 1.66. The first-order valence-electron chi connectivity index (χ1n) is 8.93. The van der Waals surface area contributed by atoms with E-state index in [2.05, 4.69) is 12.2 Å². The maximum Gasteiger partial charge on any atom is 0.227 e. The van der Waals surface area contributed by atoms with Crippen LogP contribution in [0.2, 0.25) is 0 Å². The van der Waals surface area contributed by atoms with Crippen LogP contribution in [0.3, 0.4) is 0 Å². The second kappa shape index (κ2) is 7.34. The molecule has 1 aliphatic carbocycles. The Kier molecular flexibility index (Phi) is 5.19. The van der Waals surface area contributed by atoms with Crippen LogP contribution in [0.4, 0.5) is 5.69 Å². The number of nitrogens with zero attached hydrogens (tertiary/aromatic N) is 1. The summed E-state index contributed by atoms with van der Waals surface area (Å²) >= 11 is 0. The van der Waals surface area contributed by atoms with Gasteiger partial charge in [-0.3, -0.25) is 9.59 Å². The highest BCUT2D eigenvalue weighted by molar-refractivity contribution is 6.00. The zero-order chi connectivity index (χ0) is 17.1. The number of para-hydroxylation sites is 1. The van der Waals surface area contributed by atoms with Gasteiger partial charge in [0.2, 0.25) is 11.8 Å². The molecule has 1 aromatic carbocycles. The van der Waals surface area contributed by atoms with E-state index in [0.717, 1.165) is 30.5 Å². The molecule has 2 unspecified atom stereocenters. The molecule has 1 saturated carbocycles. The molecule has 0 radical (unpaired) electrons. The highest BCUT2D eigenvalue weighted by Crippen LogP contribution is 2.34. The lowest BCUT2D eigenvalue weighted by Crippen LogP contribution is -2.41. The van der Waals surface area contributed by atoms with Crippen molar-refractivity contribution < 1.29 is 14.7 Å². The van der Waals surface area contributed by atoms with Gasteiger partial charge in [0.05, 0.1) is 5.92 Å². The quantitative estimate of drug-likeness (QED) is 0.802. The van der Waals surface area contributed by atoms with Gasteiger partial charge in [-0.05, 0) is 43.2 Å². The van der Waals surface area contributed by atoms with Gasteiger partial charge in [0.1, 0.15) is 0 Å². The van der Waals surface area contributed by atoms with Crippen molar-refractivity contribution in [1.29, 1.82) is 0 Å². The molecule has 0 spiro atoms. The van der Waals surface area contributed by atoms with E-state index in [0.29, 0.717) is 18.9 Å². The summed E-state index contributed by atoms with van der Waals surface area (Å²) in [4.78, 5) is 26.7. The smallest absolute Gasteiger partial charge is 0.227 e. The lowest BCUT2D eigenvalue weighted by molar-refractivity contribution is -0.127. The summed E-state index contributed by atoms with van der Waals surface area (Å²) < 4.78 is 0. The average molecular weight is 330 g/mol. The highest BCUT2D eigenvalue weighted by atomic mass is 16.3. The Bertz CT molecular complexity index is 612. The summed E-state index contributed by atoms with van der Waals surface area (Å²) in [7, 11) is 0. The van der Waals surface area contributed by atoms with Crippen molar-refractivity contribution in [3.05, 3.63) is 29.8 Å². The summed E-state index contributed by atoms with van der Waals surface area (Å²) in [5.41, 5.74) is 2.05. The summed E-state index contributed by atoms with van der Waals surface area (Å²) in [6.45, 7) is 2.60. The minimum absolute atomic E-state index is 0.0150. The molecular weight excluding hydrogens is 304 g/mol. The van der Waals surface area contributed by atoms with E-state index in [1.54, 1.807) is 4.90 Å². The predicted octanol–water partition coefficient (Wildman–Crippen LogP) is 1.88. The van der Waals surface area contributed by atoms with Crippen molar-refractivity contribution >= 4 is 17.5 Å². The van der Waals surface area contributed by atoms with Gasteiger partial charge in [-0.15, -0.1) is 0 Å². The first-order chi connectivity index (χ1) is 11.6. The third-order valence-corrected chi connectivity index (χ3v) is 5.12. The number of amides is 2. The van der Waals surface area contributed by atoms with Crippen molar-refractivity contribution in [2.45, 2.75) is 45.1 Å². The SMILES string of the molecule is CCc1ccccc1N1CC(C(=O)NC(CCO)C2CC2)CC1=O. The van der Waals surface area contributed by atoms with Gasteiger partial charge in [-0.1, -0.05) is 25.1 Å². The zero-order valence-electron chi connectivity index (χ0n) is 14.2. The molecule has 3 rings (SSSR count). The monoisotopic (exact) mass is 330 g/mol. The molecule has 0 bridgehead atoms. The Morgan fingerprint density at radius 3 is 2.79 bits per heavy atom. The van der Waals surface area contributed by atoms with E-state index in [1.807, 2.05) is 24.3 Å². The van der Waals surface area contributed by atoms with Crippen molar-refractivity contribution in [3.8, 4) is 0 Å². The molecule has 2 atom stereocenters. The fourth-order valence-electron chi connectivity index (χ4n) is 3.55. The molecule has 1 saturated heterocycles. The molecule has 1 aromatic rings. The van der Waals surface area contributed by atoms with Crippen LogP contribution in [-0.4, -0.2) is 36.1 Å². The molecule has 2 fully saturated rings. The molecule has 2 amide bonds. The van der Waals surface area contributed by atoms with Gasteiger partial charge >= 0.3 is 0 Å². The Hall–Kier alpha value is -1.88. The highest BCUT2D eigenvalue weighted by Gasteiger charge is 2.38. The summed E-state index contributed by atoms with van der Waals surface area (Å²) in [5.74, 6) is 0.156. The lowest BCUT2D eigenvalue weighted by atomic mass is 10.0. The molecule has 24 heavy (non-hydrogen) atoms. The molecule has 0 aromatic heterocycles. The van der Waals surface area contributed by atoms with E-state index in [9.17, 15) is 9.59 Å². The number of aliphatic hydroxyl groups is 1. The first-order valence-corrected chi connectivity index (χ1v) is 8.93. The molecule has 2 N–H and O–H groups in total. The third kappa shape index (κ3) is 3.61. The second-order valence-corrected chi connectivity index (χ2v) is 6.85. The molecular formula is C19H26N2O3. The topological polar surface area (TPSA) is 69.6 Å². The van der Waals surface area contributed by atoms with E-state index >= 15 is 0 Å². The van der Waals surface area contributed by atoms with Crippen LogP contribution >= 0.6 is 0 Å². The summed E-state index contributed by atoms with van der Waals surface area (Å²) in [5, 5.41) is 12.2. The molecule has 5 heteroatoms. The standard InChI is InChI=1S/C19H26N2O3/c1-2-13-5-3-4-6-17(13)21-12-15(11-18(21)23)19(24)20-16(9-10-22)14-7-8-14/h3-6,14-16,22H,2,7-12H2,1H3,(H,20,24). The zero-order valence-corrected chi connectivity index (χ0v) is 14.2. The fraction of sp³-hybridized carbons (Fsp3) is 0.579. The minimum Gasteiger partial charge on any atom is -0.396 e. The normalized spacial score (nSPS) is 21.8. The van der Waals surface area contributed by atoms with Crippen LogP contribution in [0.5, 0.6) is 0 Å². The summed E-state index contributed by atoms with van der Waals surface area (Å²) in [6, 6.07) is 7.94. The number of anilines is 1. The van der Waals surface area contributed by atoms with Gasteiger partial charge in [0.25, 0.3) is 0 Å². The van der Waals surface area contributed by atoms with Crippen molar-refractivity contribution in [2.24, 2.45) is 11.8 Å². The van der Waals surface area contributed by atoms with Crippen LogP contribution in [0.25, 0.3) is 0 Å². The van der Waals surface area contributed by atoms with Crippen LogP contribution < -0.4 is 10.2 Å². The summed E-state index contributed by atoms with van der Waals surface area (Å²) in [6.07, 6.45) is 3.95. The predicted molar refractivity (Wildman–Crippen MR) is 92.6 cm³/mol. The van der Waals surface area contributed by atoms with E-state index < -0.39 is 0 Å².